The maximum absolute atomic E-state index is 11.0. The van der Waals surface area contributed by atoms with Crippen LogP contribution < -0.4 is 9.29 Å². The Balaban J connectivity index is 3.41. The van der Waals surface area contributed by atoms with E-state index < -0.39 is 16.1 Å². The molecular formula is C8H5I2O5S-. The summed E-state index contributed by atoms with van der Waals surface area (Å²) < 4.78 is 27.6. The average Bonchev–Trinajstić information content (AvgIpc) is 2.07. The van der Waals surface area contributed by atoms with Crippen molar-refractivity contribution in [1.82, 2.24) is 0 Å². The van der Waals surface area contributed by atoms with Crippen molar-refractivity contribution in [3.8, 4) is 5.75 Å². The summed E-state index contributed by atoms with van der Waals surface area (Å²) in [5.74, 6) is -1.68. The van der Waals surface area contributed by atoms with E-state index in [0.717, 1.165) is 6.26 Å². The van der Waals surface area contributed by atoms with Crippen LogP contribution in [0.3, 0.4) is 0 Å². The molecule has 0 atom stereocenters. The molecule has 1 aromatic rings. The van der Waals surface area contributed by atoms with Gasteiger partial charge in [0.2, 0.25) is 0 Å². The van der Waals surface area contributed by atoms with Crippen LogP contribution in [0.5, 0.6) is 5.75 Å². The number of carboxylic acid groups (broad SMARTS) is 1. The fourth-order valence-corrected chi connectivity index (χ4v) is 3.53. The molecule has 88 valence electrons. The van der Waals surface area contributed by atoms with Gasteiger partial charge in [-0.15, -0.1) is 0 Å². The minimum atomic E-state index is -3.77. The number of carboxylic acids is 1. The Labute approximate surface area is 120 Å². The second-order valence-corrected chi connectivity index (χ2v) is 6.82. The third-order valence-electron chi connectivity index (χ3n) is 1.46. The molecule has 0 saturated carbocycles. The number of benzene rings is 1. The van der Waals surface area contributed by atoms with Crippen molar-refractivity contribution in [2.75, 3.05) is 6.26 Å². The number of hydrogen-bond acceptors (Lipinski definition) is 5. The van der Waals surface area contributed by atoms with Crippen molar-refractivity contribution < 1.29 is 22.5 Å². The van der Waals surface area contributed by atoms with Gasteiger partial charge in [-0.05, 0) is 57.3 Å². The summed E-state index contributed by atoms with van der Waals surface area (Å²) in [6, 6.07) is 2.90. The maximum atomic E-state index is 11.0. The molecule has 1 aromatic carbocycles. The van der Waals surface area contributed by atoms with Crippen molar-refractivity contribution in [3.63, 3.8) is 0 Å². The van der Waals surface area contributed by atoms with Gasteiger partial charge in [0, 0.05) is 9.13 Å². The highest BCUT2D eigenvalue weighted by molar-refractivity contribution is 14.1. The molecule has 0 aliphatic carbocycles. The fourth-order valence-electron chi connectivity index (χ4n) is 0.948. The Morgan fingerprint density at radius 1 is 1.38 bits per heavy atom. The summed E-state index contributed by atoms with van der Waals surface area (Å²) in [6.07, 6.45) is 0.847. The first-order valence-electron chi connectivity index (χ1n) is 3.80. The third-order valence-corrected chi connectivity index (χ3v) is 3.36. The minimum Gasteiger partial charge on any atom is -0.545 e. The van der Waals surface area contributed by atoms with E-state index in [-0.39, 0.29) is 11.3 Å². The van der Waals surface area contributed by atoms with Crippen LogP contribution in [0.15, 0.2) is 12.1 Å². The van der Waals surface area contributed by atoms with Crippen LogP contribution in [0.4, 0.5) is 0 Å². The van der Waals surface area contributed by atoms with E-state index in [1.165, 1.54) is 6.07 Å². The number of halogens is 2. The van der Waals surface area contributed by atoms with Crippen LogP contribution in [0, 0.1) is 7.14 Å². The summed E-state index contributed by atoms with van der Waals surface area (Å²) in [6.45, 7) is 0. The SMILES string of the molecule is CS(=O)(=O)Oc1c(I)cc(I)cc1C(=O)[O-]. The van der Waals surface area contributed by atoms with Crippen molar-refractivity contribution in [2.45, 2.75) is 0 Å². The van der Waals surface area contributed by atoms with E-state index in [0.29, 0.717) is 7.14 Å². The molecule has 0 spiro atoms. The Hall–Kier alpha value is -0.100. The van der Waals surface area contributed by atoms with E-state index in [2.05, 4.69) is 4.18 Å². The van der Waals surface area contributed by atoms with E-state index >= 15 is 0 Å². The summed E-state index contributed by atoms with van der Waals surface area (Å²) in [4.78, 5) is 10.8. The third kappa shape index (κ3) is 3.73. The highest BCUT2D eigenvalue weighted by Gasteiger charge is 2.15. The lowest BCUT2D eigenvalue weighted by Gasteiger charge is -2.12. The Bertz CT molecular complexity index is 538. The number of aromatic carboxylic acids is 1. The van der Waals surface area contributed by atoms with Crippen LogP contribution in [-0.2, 0) is 10.1 Å². The predicted molar refractivity (Wildman–Crippen MR) is 71.7 cm³/mol. The number of hydrogen-bond donors (Lipinski definition) is 0. The molecule has 0 radical (unpaired) electrons. The zero-order chi connectivity index (χ0) is 12.5. The van der Waals surface area contributed by atoms with E-state index in [1.54, 1.807) is 28.7 Å². The average molecular weight is 467 g/mol. The van der Waals surface area contributed by atoms with Crippen LogP contribution in [-0.4, -0.2) is 20.6 Å². The lowest BCUT2D eigenvalue weighted by Crippen LogP contribution is -2.24. The van der Waals surface area contributed by atoms with Gasteiger partial charge in [-0.25, -0.2) is 0 Å². The van der Waals surface area contributed by atoms with Crippen molar-refractivity contribution in [3.05, 3.63) is 24.8 Å². The number of carbonyl (C=O) groups is 1. The Morgan fingerprint density at radius 2 is 1.94 bits per heavy atom. The summed E-state index contributed by atoms with van der Waals surface area (Å²) in [5.41, 5.74) is -0.276. The van der Waals surface area contributed by atoms with Gasteiger partial charge >= 0.3 is 10.1 Å². The van der Waals surface area contributed by atoms with Gasteiger partial charge in [0.15, 0.2) is 5.75 Å². The zero-order valence-electron chi connectivity index (χ0n) is 7.86. The van der Waals surface area contributed by atoms with Crippen molar-refractivity contribution >= 4 is 61.3 Å². The standard InChI is InChI=1S/C8H6I2O5S/c1-16(13,14)15-7-5(8(11)12)2-4(9)3-6(7)10/h2-3H,1H3,(H,11,12)/p-1. The summed E-state index contributed by atoms with van der Waals surface area (Å²) in [7, 11) is -3.77. The molecule has 0 N–H and O–H groups in total. The molecule has 0 aliphatic rings. The second-order valence-electron chi connectivity index (χ2n) is 2.84. The van der Waals surface area contributed by atoms with E-state index in [4.69, 9.17) is 0 Å². The molecule has 0 unspecified atom stereocenters. The molecule has 0 bridgehead atoms. The lowest BCUT2D eigenvalue weighted by atomic mass is 10.2. The van der Waals surface area contributed by atoms with Crippen LogP contribution in [0.2, 0.25) is 0 Å². The molecule has 0 amide bonds. The molecule has 0 heterocycles. The first-order chi connectivity index (χ1) is 7.20. The largest absolute Gasteiger partial charge is 0.545 e. The monoisotopic (exact) mass is 467 g/mol. The quantitative estimate of drug-likeness (QED) is 0.481. The van der Waals surface area contributed by atoms with Gasteiger partial charge in [-0.3, -0.25) is 0 Å². The number of carbonyl (C=O) groups excluding carboxylic acids is 1. The smallest absolute Gasteiger partial charge is 0.306 e. The maximum Gasteiger partial charge on any atom is 0.306 e. The normalized spacial score (nSPS) is 11.2. The predicted octanol–water partition coefficient (Wildman–Crippen LogP) is 0.598. The Kier molecular flexibility index (Phi) is 4.40. The van der Waals surface area contributed by atoms with Gasteiger partial charge in [0.25, 0.3) is 0 Å². The molecule has 1 rings (SSSR count). The first kappa shape index (κ1) is 14.0. The molecular weight excluding hydrogens is 462 g/mol. The first-order valence-corrected chi connectivity index (χ1v) is 7.78. The fraction of sp³-hybridized carbons (Fsp3) is 0.125. The molecule has 16 heavy (non-hydrogen) atoms. The van der Waals surface area contributed by atoms with Gasteiger partial charge in [0.05, 0.1) is 15.8 Å². The van der Waals surface area contributed by atoms with Gasteiger partial charge in [0.1, 0.15) is 0 Å². The highest BCUT2D eigenvalue weighted by Crippen LogP contribution is 2.28. The van der Waals surface area contributed by atoms with Crippen LogP contribution in [0.25, 0.3) is 0 Å². The molecule has 0 fully saturated rings. The van der Waals surface area contributed by atoms with Crippen molar-refractivity contribution in [2.24, 2.45) is 0 Å². The molecule has 0 aromatic heterocycles. The van der Waals surface area contributed by atoms with E-state index in [1.807, 2.05) is 22.6 Å². The van der Waals surface area contributed by atoms with Gasteiger partial charge < -0.3 is 14.1 Å². The minimum absolute atomic E-state index is 0.205. The lowest BCUT2D eigenvalue weighted by molar-refractivity contribution is -0.255. The van der Waals surface area contributed by atoms with E-state index in [9.17, 15) is 18.3 Å². The molecule has 0 aliphatic heterocycles. The van der Waals surface area contributed by atoms with Crippen molar-refractivity contribution in [1.29, 1.82) is 0 Å². The van der Waals surface area contributed by atoms with Crippen LogP contribution in [0.1, 0.15) is 10.4 Å². The summed E-state index contributed by atoms with van der Waals surface area (Å²) in [5, 5.41) is 10.8. The second kappa shape index (κ2) is 5.04. The topological polar surface area (TPSA) is 83.5 Å². The molecule has 0 saturated heterocycles. The van der Waals surface area contributed by atoms with Gasteiger partial charge in [-0.1, -0.05) is 0 Å². The Morgan fingerprint density at radius 3 is 2.38 bits per heavy atom. The molecule has 8 heteroatoms. The molecule has 5 nitrogen and oxygen atoms in total. The number of rotatable bonds is 3. The van der Waals surface area contributed by atoms with Crippen LogP contribution >= 0.6 is 45.2 Å². The summed E-state index contributed by atoms with van der Waals surface area (Å²) >= 11 is 3.72. The highest BCUT2D eigenvalue weighted by atomic mass is 127. The zero-order valence-corrected chi connectivity index (χ0v) is 13.0. The van der Waals surface area contributed by atoms with Gasteiger partial charge in [-0.2, -0.15) is 8.42 Å².